The van der Waals surface area contributed by atoms with Gasteiger partial charge in [0.25, 0.3) is 5.56 Å². The van der Waals surface area contributed by atoms with E-state index in [1.165, 1.54) is 6.20 Å². The van der Waals surface area contributed by atoms with E-state index in [1.54, 1.807) is 13.8 Å². The van der Waals surface area contributed by atoms with Gasteiger partial charge in [-0.3, -0.25) is 9.78 Å². The highest BCUT2D eigenvalue weighted by Crippen LogP contribution is 2.49. The molecule has 0 aliphatic carbocycles. The number of aromatic nitrogens is 2. The lowest BCUT2D eigenvalue weighted by Gasteiger charge is -2.40. The molecule has 1 aromatic rings. The van der Waals surface area contributed by atoms with Crippen LogP contribution in [0.15, 0.2) is 15.8 Å². The Bertz CT molecular complexity index is 626. The van der Waals surface area contributed by atoms with Gasteiger partial charge >= 0.3 is 5.69 Å². The van der Waals surface area contributed by atoms with Gasteiger partial charge in [0.15, 0.2) is 0 Å². The molecule has 8 heteroatoms. The predicted molar refractivity (Wildman–Crippen MR) is 72.9 cm³/mol. The Balaban J connectivity index is 2.69. The first-order chi connectivity index (χ1) is 9.86. The molecule has 0 bridgehead atoms. The monoisotopic (exact) mass is 300 g/mol. The number of rotatable bonds is 4. The van der Waals surface area contributed by atoms with Crippen molar-refractivity contribution in [2.45, 2.75) is 50.1 Å². The number of aromatic amines is 2. The van der Waals surface area contributed by atoms with Gasteiger partial charge in [-0.15, -0.1) is 0 Å². The van der Waals surface area contributed by atoms with Crippen molar-refractivity contribution in [1.29, 1.82) is 0 Å². The third-order valence-electron chi connectivity index (χ3n) is 4.36. The van der Waals surface area contributed by atoms with Crippen molar-refractivity contribution in [3.63, 3.8) is 0 Å². The maximum Gasteiger partial charge on any atom is 0.325 e. The second-order valence-electron chi connectivity index (χ2n) is 5.23. The Morgan fingerprint density at radius 2 is 2.00 bits per heavy atom. The average Bonchev–Trinajstić information content (AvgIpc) is 2.69. The molecule has 21 heavy (non-hydrogen) atoms. The van der Waals surface area contributed by atoms with Crippen LogP contribution in [-0.2, 0) is 10.3 Å². The minimum Gasteiger partial charge on any atom is -0.394 e. The van der Waals surface area contributed by atoms with E-state index < -0.39 is 41.3 Å². The fraction of sp³-hybridized carbons (Fsp3) is 0.692. The van der Waals surface area contributed by atoms with Crippen LogP contribution in [0.4, 0.5) is 0 Å². The molecule has 1 saturated heterocycles. The van der Waals surface area contributed by atoms with Crippen molar-refractivity contribution >= 4 is 0 Å². The molecule has 4 atom stereocenters. The van der Waals surface area contributed by atoms with E-state index in [1.807, 2.05) is 0 Å². The average molecular weight is 300 g/mol. The number of aliphatic hydroxyl groups is 3. The minimum atomic E-state index is -1.75. The highest BCUT2D eigenvalue weighted by atomic mass is 16.6. The molecule has 0 radical (unpaired) electrons. The van der Waals surface area contributed by atoms with Crippen LogP contribution in [0.1, 0.15) is 32.3 Å². The van der Waals surface area contributed by atoms with E-state index in [2.05, 4.69) is 9.97 Å². The van der Waals surface area contributed by atoms with E-state index in [4.69, 9.17) is 4.74 Å². The first-order valence-electron chi connectivity index (χ1n) is 6.88. The quantitative estimate of drug-likeness (QED) is 0.462. The smallest absolute Gasteiger partial charge is 0.325 e. The molecule has 0 aromatic carbocycles. The van der Waals surface area contributed by atoms with Gasteiger partial charge in [-0.05, 0) is 12.8 Å². The van der Waals surface area contributed by atoms with Crippen LogP contribution in [0.2, 0.25) is 0 Å². The largest absolute Gasteiger partial charge is 0.394 e. The van der Waals surface area contributed by atoms with Crippen LogP contribution in [0.5, 0.6) is 0 Å². The van der Waals surface area contributed by atoms with Crippen LogP contribution in [0, 0.1) is 0 Å². The van der Waals surface area contributed by atoms with Crippen LogP contribution in [0.3, 0.4) is 0 Å². The lowest BCUT2D eigenvalue weighted by molar-refractivity contribution is -0.156. The van der Waals surface area contributed by atoms with Gasteiger partial charge in [0.1, 0.15) is 23.4 Å². The number of ether oxygens (including phenoxy) is 1. The molecule has 1 aliphatic rings. The van der Waals surface area contributed by atoms with Gasteiger partial charge in [0.2, 0.25) is 0 Å². The number of hydrogen-bond donors (Lipinski definition) is 5. The summed E-state index contributed by atoms with van der Waals surface area (Å²) < 4.78 is 5.68. The first kappa shape index (κ1) is 15.9. The number of H-pyrrole nitrogens is 2. The van der Waals surface area contributed by atoms with E-state index >= 15 is 0 Å². The minimum absolute atomic E-state index is 0.0175. The molecule has 1 aromatic heterocycles. The topological polar surface area (TPSA) is 136 Å². The zero-order valence-electron chi connectivity index (χ0n) is 11.9. The van der Waals surface area contributed by atoms with Gasteiger partial charge in [0.05, 0.1) is 12.2 Å². The Hall–Kier alpha value is -1.48. The second kappa shape index (κ2) is 5.38. The summed E-state index contributed by atoms with van der Waals surface area (Å²) in [5.74, 6) is 0. The third kappa shape index (κ3) is 2.06. The van der Waals surface area contributed by atoms with Gasteiger partial charge in [-0.2, -0.15) is 0 Å². The number of nitrogens with one attached hydrogen (secondary N) is 2. The van der Waals surface area contributed by atoms with Crippen molar-refractivity contribution in [2.75, 3.05) is 6.61 Å². The van der Waals surface area contributed by atoms with Crippen molar-refractivity contribution in [3.05, 3.63) is 32.6 Å². The molecule has 1 aliphatic heterocycles. The molecule has 2 rings (SSSR count). The fourth-order valence-corrected chi connectivity index (χ4v) is 3.19. The predicted octanol–water partition coefficient (Wildman–Crippen LogP) is -1.44. The molecule has 0 amide bonds. The van der Waals surface area contributed by atoms with E-state index in [0.29, 0.717) is 0 Å². The van der Waals surface area contributed by atoms with Gasteiger partial charge in [-0.25, -0.2) is 4.79 Å². The standard InChI is InChI=1S/C13H20N2O6/c1-3-12(20)9(17)8(6-16)21-13(12,4-2)7-5-14-11(19)15-10(7)18/h5,8-9,16-17,20H,3-4,6H2,1-2H3,(H2,14,15,18,19)/t8-,9-,12-,13+/m1/s1. The van der Waals surface area contributed by atoms with E-state index in [9.17, 15) is 24.9 Å². The third-order valence-corrected chi connectivity index (χ3v) is 4.36. The molecular weight excluding hydrogens is 280 g/mol. The lowest BCUT2D eigenvalue weighted by Crippen LogP contribution is -2.56. The summed E-state index contributed by atoms with van der Waals surface area (Å²) in [6, 6.07) is 0. The van der Waals surface area contributed by atoms with Crippen LogP contribution < -0.4 is 11.2 Å². The summed E-state index contributed by atoms with van der Waals surface area (Å²) in [6.07, 6.45) is -0.894. The maximum atomic E-state index is 12.1. The normalized spacial score (nSPS) is 36.0. The van der Waals surface area contributed by atoms with Crippen molar-refractivity contribution < 1.29 is 20.1 Å². The Morgan fingerprint density at radius 3 is 2.48 bits per heavy atom. The zero-order chi connectivity index (χ0) is 15.8. The Labute approximate surface area is 120 Å². The molecular formula is C13H20N2O6. The fourth-order valence-electron chi connectivity index (χ4n) is 3.19. The van der Waals surface area contributed by atoms with Crippen LogP contribution in [-0.4, -0.2) is 49.7 Å². The van der Waals surface area contributed by atoms with Gasteiger partial charge < -0.3 is 25.0 Å². The number of aliphatic hydroxyl groups excluding tert-OH is 2. The SMILES string of the molecule is CC[C@@]1(c2c[nH]c(=O)[nH]c2=O)O[C@H](CO)[C@@H](O)[C@]1(O)CC. The lowest BCUT2D eigenvalue weighted by atomic mass is 9.73. The summed E-state index contributed by atoms with van der Waals surface area (Å²) in [4.78, 5) is 27.7. The highest BCUT2D eigenvalue weighted by molar-refractivity contribution is 5.26. The molecule has 0 saturated carbocycles. The van der Waals surface area contributed by atoms with Crippen LogP contribution in [0.25, 0.3) is 0 Å². The highest BCUT2D eigenvalue weighted by Gasteiger charge is 2.64. The zero-order valence-corrected chi connectivity index (χ0v) is 11.9. The van der Waals surface area contributed by atoms with Crippen molar-refractivity contribution in [3.8, 4) is 0 Å². The molecule has 1 fully saturated rings. The van der Waals surface area contributed by atoms with Crippen molar-refractivity contribution in [2.24, 2.45) is 0 Å². The van der Waals surface area contributed by atoms with E-state index in [0.717, 1.165) is 0 Å². The summed E-state index contributed by atoms with van der Waals surface area (Å²) in [5, 5.41) is 30.5. The van der Waals surface area contributed by atoms with E-state index in [-0.39, 0.29) is 18.4 Å². The second-order valence-corrected chi connectivity index (χ2v) is 5.23. The van der Waals surface area contributed by atoms with Gasteiger partial charge in [-0.1, -0.05) is 13.8 Å². The van der Waals surface area contributed by atoms with Crippen LogP contribution >= 0.6 is 0 Å². The molecule has 0 spiro atoms. The summed E-state index contributed by atoms with van der Waals surface area (Å²) in [7, 11) is 0. The Kier molecular flexibility index (Phi) is 4.07. The molecule has 5 N–H and O–H groups in total. The molecule has 118 valence electrons. The molecule has 8 nitrogen and oxygen atoms in total. The first-order valence-corrected chi connectivity index (χ1v) is 6.88. The Morgan fingerprint density at radius 1 is 1.33 bits per heavy atom. The summed E-state index contributed by atoms with van der Waals surface area (Å²) in [5.41, 5.74) is -4.61. The van der Waals surface area contributed by atoms with Gasteiger partial charge in [0, 0.05) is 6.20 Å². The number of hydrogen-bond acceptors (Lipinski definition) is 6. The summed E-state index contributed by atoms with van der Waals surface area (Å²) >= 11 is 0. The molecule has 0 unspecified atom stereocenters. The molecule has 2 heterocycles. The maximum absolute atomic E-state index is 12.1. The van der Waals surface area contributed by atoms with Crippen molar-refractivity contribution in [1.82, 2.24) is 9.97 Å². The summed E-state index contributed by atoms with van der Waals surface area (Å²) in [6.45, 7) is 2.85.